The minimum absolute atomic E-state index is 0.423. The van der Waals surface area contributed by atoms with E-state index >= 15 is 0 Å². The first kappa shape index (κ1) is 12.1. The molecule has 18 heavy (non-hydrogen) atoms. The molecule has 0 spiro atoms. The minimum atomic E-state index is 0.423. The molecular weight excluding hydrogens is 220 g/mol. The Labute approximate surface area is 110 Å². The van der Waals surface area contributed by atoms with E-state index in [4.69, 9.17) is 0 Å². The summed E-state index contributed by atoms with van der Waals surface area (Å²) < 4.78 is 0. The van der Waals surface area contributed by atoms with E-state index in [0.29, 0.717) is 22.5 Å². The van der Waals surface area contributed by atoms with Crippen LogP contribution in [-0.2, 0) is 0 Å². The largest absolute Gasteiger partial charge is 0.508 e. The number of phenols is 1. The quantitative estimate of drug-likeness (QED) is 0.763. The molecule has 0 unspecified atom stereocenters. The Balaban J connectivity index is 2.02. The summed E-state index contributed by atoms with van der Waals surface area (Å²) in [6.07, 6.45) is 4.08. The number of aryl methyl sites for hydroxylation is 1. The van der Waals surface area contributed by atoms with E-state index in [9.17, 15) is 5.11 Å². The molecule has 2 aliphatic carbocycles. The summed E-state index contributed by atoms with van der Waals surface area (Å²) >= 11 is 0. The molecule has 2 bridgehead atoms. The van der Waals surface area contributed by atoms with Crippen molar-refractivity contribution < 1.29 is 5.11 Å². The highest BCUT2D eigenvalue weighted by atomic mass is 16.3. The van der Waals surface area contributed by atoms with Crippen molar-refractivity contribution >= 4 is 0 Å². The topological polar surface area (TPSA) is 20.2 Å². The van der Waals surface area contributed by atoms with Crippen LogP contribution >= 0.6 is 0 Å². The summed E-state index contributed by atoms with van der Waals surface area (Å²) in [5.41, 5.74) is 3.34. The number of rotatable bonds is 1. The van der Waals surface area contributed by atoms with Gasteiger partial charge >= 0.3 is 0 Å². The third-order valence-corrected chi connectivity index (χ3v) is 6.42. The molecule has 2 aliphatic rings. The van der Waals surface area contributed by atoms with Gasteiger partial charge in [-0.15, -0.1) is 0 Å². The second-order valence-electron chi connectivity index (χ2n) is 7.21. The van der Waals surface area contributed by atoms with Gasteiger partial charge in [-0.25, -0.2) is 0 Å². The van der Waals surface area contributed by atoms with Crippen LogP contribution in [0.3, 0.4) is 0 Å². The lowest BCUT2D eigenvalue weighted by molar-refractivity contribution is 0.134. The lowest BCUT2D eigenvalue weighted by atomic mass is 9.65. The number of benzene rings is 1. The summed E-state index contributed by atoms with van der Waals surface area (Å²) in [5, 5.41) is 9.69. The number of hydrogen-bond donors (Lipinski definition) is 1. The molecule has 3 rings (SSSR count). The predicted molar refractivity (Wildman–Crippen MR) is 74.8 cm³/mol. The Hall–Kier alpha value is -0.980. The molecule has 2 fully saturated rings. The van der Waals surface area contributed by atoms with Crippen molar-refractivity contribution in [3.8, 4) is 5.75 Å². The molecule has 1 aromatic rings. The molecule has 0 saturated heterocycles. The monoisotopic (exact) mass is 244 g/mol. The summed E-state index contributed by atoms with van der Waals surface area (Å²) in [4.78, 5) is 0. The van der Waals surface area contributed by atoms with Crippen LogP contribution in [0.2, 0.25) is 0 Å². The molecule has 1 aromatic carbocycles. The van der Waals surface area contributed by atoms with Gasteiger partial charge in [0.1, 0.15) is 5.75 Å². The number of hydrogen-bond acceptors (Lipinski definition) is 1. The zero-order chi connectivity index (χ0) is 13.1. The van der Waals surface area contributed by atoms with Gasteiger partial charge < -0.3 is 5.11 Å². The van der Waals surface area contributed by atoms with Gasteiger partial charge in [0.25, 0.3) is 0 Å². The SMILES string of the molecule is Cc1cc([C@H]2C[C@@H]3CC[C@@]2(C)C3(C)C)ccc1O. The highest BCUT2D eigenvalue weighted by Gasteiger charge is 2.61. The van der Waals surface area contributed by atoms with Crippen LogP contribution in [0, 0.1) is 23.7 Å². The van der Waals surface area contributed by atoms with Crippen LogP contribution < -0.4 is 0 Å². The Kier molecular flexibility index (Phi) is 2.36. The average Bonchev–Trinajstić information content (AvgIpc) is 2.65. The van der Waals surface area contributed by atoms with Crippen LogP contribution in [0.4, 0.5) is 0 Å². The van der Waals surface area contributed by atoms with Gasteiger partial charge in [0.15, 0.2) is 0 Å². The molecule has 1 nitrogen and oxygen atoms in total. The van der Waals surface area contributed by atoms with Crippen LogP contribution in [0.1, 0.15) is 57.1 Å². The summed E-state index contributed by atoms with van der Waals surface area (Å²) in [5.74, 6) is 1.97. The predicted octanol–water partition coefficient (Wildman–Crippen LogP) is 4.63. The maximum atomic E-state index is 9.69. The van der Waals surface area contributed by atoms with Gasteiger partial charge in [0, 0.05) is 0 Å². The van der Waals surface area contributed by atoms with Crippen molar-refractivity contribution in [2.24, 2.45) is 16.7 Å². The molecule has 0 amide bonds. The van der Waals surface area contributed by atoms with Crippen molar-refractivity contribution in [2.45, 2.75) is 52.9 Å². The number of fused-ring (bicyclic) bond motifs is 2. The second-order valence-corrected chi connectivity index (χ2v) is 7.21. The third kappa shape index (κ3) is 1.34. The van der Waals surface area contributed by atoms with E-state index in [1.807, 2.05) is 13.0 Å². The first-order valence-electron chi connectivity index (χ1n) is 7.16. The highest BCUT2D eigenvalue weighted by molar-refractivity contribution is 5.38. The maximum Gasteiger partial charge on any atom is 0.118 e. The molecule has 0 heterocycles. The smallest absolute Gasteiger partial charge is 0.118 e. The first-order valence-corrected chi connectivity index (χ1v) is 7.16. The molecule has 0 aromatic heterocycles. The molecule has 0 aliphatic heterocycles. The van der Waals surface area contributed by atoms with Gasteiger partial charge in [0.2, 0.25) is 0 Å². The Bertz CT molecular complexity index is 488. The van der Waals surface area contributed by atoms with Crippen molar-refractivity contribution in [3.63, 3.8) is 0 Å². The van der Waals surface area contributed by atoms with Crippen LogP contribution in [-0.4, -0.2) is 5.11 Å². The van der Waals surface area contributed by atoms with E-state index in [1.54, 1.807) is 0 Å². The lowest BCUT2D eigenvalue weighted by Crippen LogP contribution is -2.31. The van der Waals surface area contributed by atoms with E-state index in [1.165, 1.54) is 24.8 Å². The molecular formula is C17H24O. The summed E-state index contributed by atoms with van der Waals surface area (Å²) in [6.45, 7) is 9.39. The van der Waals surface area contributed by atoms with Gasteiger partial charge in [-0.1, -0.05) is 32.9 Å². The van der Waals surface area contributed by atoms with Crippen LogP contribution in [0.5, 0.6) is 5.75 Å². The van der Waals surface area contributed by atoms with Crippen molar-refractivity contribution in [1.82, 2.24) is 0 Å². The minimum Gasteiger partial charge on any atom is -0.508 e. The normalized spacial score (nSPS) is 37.1. The Morgan fingerprint density at radius 2 is 1.94 bits per heavy atom. The highest BCUT2D eigenvalue weighted by Crippen LogP contribution is 2.70. The zero-order valence-corrected chi connectivity index (χ0v) is 12.0. The van der Waals surface area contributed by atoms with E-state index in [0.717, 1.165) is 11.5 Å². The summed E-state index contributed by atoms with van der Waals surface area (Å²) in [7, 11) is 0. The van der Waals surface area contributed by atoms with Gasteiger partial charge in [-0.05, 0) is 66.0 Å². The molecule has 98 valence electrons. The lowest BCUT2D eigenvalue weighted by Gasteiger charge is -2.39. The van der Waals surface area contributed by atoms with Crippen molar-refractivity contribution in [3.05, 3.63) is 29.3 Å². The van der Waals surface area contributed by atoms with Crippen LogP contribution in [0.15, 0.2) is 18.2 Å². The summed E-state index contributed by atoms with van der Waals surface area (Å²) in [6, 6.07) is 6.20. The van der Waals surface area contributed by atoms with E-state index in [-0.39, 0.29) is 0 Å². The van der Waals surface area contributed by atoms with Crippen molar-refractivity contribution in [2.75, 3.05) is 0 Å². The molecule has 1 N–H and O–H groups in total. The molecule has 3 atom stereocenters. The Morgan fingerprint density at radius 3 is 2.44 bits per heavy atom. The molecule has 1 heteroatoms. The molecule has 2 saturated carbocycles. The second kappa shape index (κ2) is 3.53. The number of phenolic OH excluding ortho intramolecular Hbond substituents is 1. The van der Waals surface area contributed by atoms with E-state index in [2.05, 4.69) is 32.9 Å². The van der Waals surface area contributed by atoms with Crippen molar-refractivity contribution in [1.29, 1.82) is 0 Å². The van der Waals surface area contributed by atoms with Gasteiger partial charge in [0.05, 0.1) is 0 Å². The third-order valence-electron chi connectivity index (χ3n) is 6.42. The zero-order valence-electron chi connectivity index (χ0n) is 12.0. The average molecular weight is 244 g/mol. The first-order chi connectivity index (χ1) is 8.36. The number of aromatic hydroxyl groups is 1. The fourth-order valence-electron chi connectivity index (χ4n) is 4.60. The maximum absolute atomic E-state index is 9.69. The fraction of sp³-hybridized carbons (Fsp3) is 0.647. The molecule has 0 radical (unpaired) electrons. The van der Waals surface area contributed by atoms with E-state index < -0.39 is 0 Å². The standard InChI is InChI=1S/C17H24O/c1-11-9-12(5-6-15(11)18)14-10-13-7-8-17(14,4)16(13,2)3/h5-6,9,13-14,18H,7-8,10H2,1-4H3/t13-,14+,17+/m0/s1. The van der Waals surface area contributed by atoms with Gasteiger partial charge in [-0.2, -0.15) is 0 Å². The van der Waals surface area contributed by atoms with Crippen LogP contribution in [0.25, 0.3) is 0 Å². The van der Waals surface area contributed by atoms with Gasteiger partial charge in [-0.3, -0.25) is 0 Å². The Morgan fingerprint density at radius 1 is 1.22 bits per heavy atom. The fourth-order valence-corrected chi connectivity index (χ4v) is 4.60.